The number of nitrogens with zero attached hydrogens (tertiary/aromatic N) is 2. The Morgan fingerprint density at radius 2 is 1.76 bits per heavy atom. The van der Waals surface area contributed by atoms with E-state index in [4.69, 9.17) is 10.5 Å². The second-order valence-electron chi connectivity index (χ2n) is 8.61. The topological polar surface area (TPSA) is 105 Å². The summed E-state index contributed by atoms with van der Waals surface area (Å²) in [6.45, 7) is 12.7. The Kier molecular flexibility index (Phi) is 7.76. The van der Waals surface area contributed by atoms with E-state index in [0.29, 0.717) is 10.6 Å². The van der Waals surface area contributed by atoms with Gasteiger partial charge in [0.05, 0.1) is 23.1 Å². The van der Waals surface area contributed by atoms with Crippen molar-refractivity contribution in [2.45, 2.75) is 40.7 Å². The van der Waals surface area contributed by atoms with Crippen LogP contribution in [0, 0.1) is 20.8 Å². The first-order chi connectivity index (χ1) is 15.6. The first-order valence-electron chi connectivity index (χ1n) is 11.1. The number of ether oxygens (including phenoxy) is 1. The van der Waals surface area contributed by atoms with Crippen LogP contribution in [0.15, 0.2) is 18.2 Å². The van der Waals surface area contributed by atoms with Crippen LogP contribution in [0.25, 0.3) is 0 Å². The van der Waals surface area contributed by atoms with Crippen LogP contribution in [0.1, 0.15) is 50.6 Å². The van der Waals surface area contributed by atoms with Crippen LogP contribution in [-0.2, 0) is 9.53 Å². The maximum absolute atomic E-state index is 12.8. The van der Waals surface area contributed by atoms with Gasteiger partial charge in [0.1, 0.15) is 5.00 Å². The second-order valence-corrected chi connectivity index (χ2v) is 9.63. The molecule has 0 bridgehead atoms. The average Bonchev–Trinajstić information content (AvgIpc) is 3.06. The second kappa shape index (κ2) is 10.4. The van der Waals surface area contributed by atoms with Crippen LogP contribution in [0.2, 0.25) is 0 Å². The number of esters is 1. The highest BCUT2D eigenvalue weighted by Crippen LogP contribution is 2.34. The van der Waals surface area contributed by atoms with Gasteiger partial charge in [0.25, 0.3) is 5.91 Å². The molecule has 0 aliphatic carbocycles. The van der Waals surface area contributed by atoms with E-state index in [1.807, 2.05) is 0 Å². The Morgan fingerprint density at radius 1 is 1.09 bits per heavy atom. The number of amides is 2. The number of hydrogen-bond donors (Lipinski definition) is 2. The minimum absolute atomic E-state index is 0.190. The zero-order valence-corrected chi connectivity index (χ0v) is 20.7. The van der Waals surface area contributed by atoms with Crippen LogP contribution in [-0.4, -0.2) is 61.5 Å². The number of piperazine rings is 1. The fraction of sp³-hybridized carbons (Fsp3) is 0.458. The Labute approximate surface area is 198 Å². The lowest BCUT2D eigenvalue weighted by Crippen LogP contribution is -2.48. The van der Waals surface area contributed by atoms with Crippen LogP contribution in [0.5, 0.6) is 0 Å². The first-order valence-corrected chi connectivity index (χ1v) is 11.9. The summed E-state index contributed by atoms with van der Waals surface area (Å²) in [4.78, 5) is 41.8. The summed E-state index contributed by atoms with van der Waals surface area (Å²) in [7, 11) is 0. The quantitative estimate of drug-likeness (QED) is 0.600. The van der Waals surface area contributed by atoms with Crippen molar-refractivity contribution >= 4 is 39.8 Å². The number of carbonyl (C=O) groups is 3. The SMILES string of the molecule is Cc1cccc(N2CCN(CC(=O)Nc3sc(C(N)=O)c(C)c3C(=O)OC(C)C)CC2)c1C. The van der Waals surface area contributed by atoms with E-state index in [9.17, 15) is 14.4 Å². The summed E-state index contributed by atoms with van der Waals surface area (Å²) in [5.74, 6) is -1.46. The number of thiophene rings is 1. The Bertz CT molecular complexity index is 1050. The summed E-state index contributed by atoms with van der Waals surface area (Å²) < 4.78 is 5.30. The smallest absolute Gasteiger partial charge is 0.341 e. The van der Waals surface area contributed by atoms with Gasteiger partial charge in [-0.1, -0.05) is 12.1 Å². The molecule has 2 heterocycles. The zero-order valence-electron chi connectivity index (χ0n) is 19.9. The highest BCUT2D eigenvalue weighted by Gasteiger charge is 2.27. The highest BCUT2D eigenvalue weighted by molar-refractivity contribution is 7.18. The number of rotatable bonds is 7. The summed E-state index contributed by atoms with van der Waals surface area (Å²) in [6.07, 6.45) is -0.328. The van der Waals surface area contributed by atoms with Crippen molar-refractivity contribution in [3.05, 3.63) is 45.3 Å². The van der Waals surface area contributed by atoms with E-state index in [2.05, 4.69) is 47.2 Å². The molecule has 2 amide bonds. The molecule has 9 heteroatoms. The number of nitrogens with one attached hydrogen (secondary N) is 1. The molecule has 0 saturated carbocycles. The number of aryl methyl sites for hydroxylation is 1. The monoisotopic (exact) mass is 472 g/mol. The van der Waals surface area contributed by atoms with Crippen LogP contribution >= 0.6 is 11.3 Å². The summed E-state index contributed by atoms with van der Waals surface area (Å²) in [5, 5.41) is 3.10. The molecule has 1 fully saturated rings. The molecule has 1 aliphatic rings. The summed E-state index contributed by atoms with van der Waals surface area (Å²) in [6, 6.07) is 6.32. The van der Waals surface area contributed by atoms with Gasteiger partial charge < -0.3 is 20.7 Å². The van der Waals surface area contributed by atoms with Gasteiger partial charge in [0.15, 0.2) is 0 Å². The van der Waals surface area contributed by atoms with Gasteiger partial charge in [-0.2, -0.15) is 0 Å². The summed E-state index contributed by atoms with van der Waals surface area (Å²) >= 11 is 1.01. The van der Waals surface area contributed by atoms with Gasteiger partial charge in [-0.3, -0.25) is 14.5 Å². The van der Waals surface area contributed by atoms with E-state index in [1.165, 1.54) is 16.8 Å². The molecule has 0 atom stereocenters. The lowest BCUT2D eigenvalue weighted by atomic mass is 10.1. The molecular formula is C24H32N4O4S. The van der Waals surface area contributed by atoms with Gasteiger partial charge in [-0.15, -0.1) is 11.3 Å². The molecule has 178 valence electrons. The number of benzene rings is 1. The van der Waals surface area contributed by atoms with Crippen molar-refractivity contribution in [2.75, 3.05) is 42.9 Å². The number of carbonyl (C=O) groups excluding carboxylic acids is 3. The third-order valence-electron chi connectivity index (χ3n) is 5.83. The normalized spacial score (nSPS) is 14.4. The number of anilines is 2. The Hall–Kier alpha value is -2.91. The van der Waals surface area contributed by atoms with Crippen molar-refractivity contribution in [1.82, 2.24) is 4.90 Å². The highest BCUT2D eigenvalue weighted by atomic mass is 32.1. The van der Waals surface area contributed by atoms with Gasteiger partial charge in [0.2, 0.25) is 5.91 Å². The van der Waals surface area contributed by atoms with Gasteiger partial charge in [0, 0.05) is 31.9 Å². The molecule has 0 unspecified atom stereocenters. The van der Waals surface area contributed by atoms with Crippen molar-refractivity contribution in [2.24, 2.45) is 5.73 Å². The molecule has 2 aromatic rings. The predicted molar refractivity (Wildman–Crippen MR) is 131 cm³/mol. The van der Waals surface area contributed by atoms with Crippen LogP contribution in [0.4, 0.5) is 10.7 Å². The fourth-order valence-corrected chi connectivity index (χ4v) is 5.01. The van der Waals surface area contributed by atoms with Gasteiger partial charge >= 0.3 is 5.97 Å². The molecule has 3 rings (SSSR count). The third-order valence-corrected chi connectivity index (χ3v) is 7.05. The molecular weight excluding hydrogens is 440 g/mol. The van der Waals surface area contributed by atoms with E-state index >= 15 is 0 Å². The number of hydrogen-bond acceptors (Lipinski definition) is 7. The molecule has 3 N–H and O–H groups in total. The van der Waals surface area contributed by atoms with Gasteiger partial charge in [-0.05, 0) is 57.4 Å². The standard InChI is InChI=1S/C24H32N4O4S/c1-14(2)32-24(31)20-17(5)21(22(25)30)33-23(20)26-19(29)13-27-9-11-28(12-10-27)18-8-6-7-15(3)16(18)4/h6-8,14H,9-13H2,1-5H3,(H2,25,30)(H,26,29). The molecule has 0 spiro atoms. The fourth-order valence-electron chi connectivity index (χ4n) is 3.95. The largest absolute Gasteiger partial charge is 0.459 e. The van der Waals surface area contributed by atoms with E-state index in [-0.39, 0.29) is 29.0 Å². The minimum atomic E-state index is -0.640. The molecule has 1 aromatic carbocycles. The minimum Gasteiger partial charge on any atom is -0.459 e. The molecule has 1 aromatic heterocycles. The lowest BCUT2D eigenvalue weighted by molar-refractivity contribution is -0.117. The zero-order chi connectivity index (χ0) is 24.3. The van der Waals surface area contributed by atoms with Crippen molar-refractivity contribution < 1.29 is 19.1 Å². The average molecular weight is 473 g/mol. The third kappa shape index (κ3) is 5.72. The van der Waals surface area contributed by atoms with Crippen LogP contribution < -0.4 is 16.0 Å². The van der Waals surface area contributed by atoms with Crippen molar-refractivity contribution in [1.29, 1.82) is 0 Å². The maximum Gasteiger partial charge on any atom is 0.341 e. The first kappa shape index (κ1) is 24.7. The molecule has 33 heavy (non-hydrogen) atoms. The van der Waals surface area contributed by atoms with E-state index in [0.717, 1.165) is 37.5 Å². The van der Waals surface area contributed by atoms with Gasteiger partial charge in [-0.25, -0.2) is 4.79 Å². The maximum atomic E-state index is 12.8. The molecule has 1 aliphatic heterocycles. The van der Waals surface area contributed by atoms with Crippen molar-refractivity contribution in [3.63, 3.8) is 0 Å². The molecule has 8 nitrogen and oxygen atoms in total. The summed E-state index contributed by atoms with van der Waals surface area (Å²) in [5.41, 5.74) is 9.85. The van der Waals surface area contributed by atoms with E-state index < -0.39 is 11.9 Å². The van der Waals surface area contributed by atoms with E-state index in [1.54, 1.807) is 20.8 Å². The molecule has 1 saturated heterocycles. The van der Waals surface area contributed by atoms with Crippen LogP contribution in [0.3, 0.4) is 0 Å². The molecule has 0 radical (unpaired) electrons. The van der Waals surface area contributed by atoms with Crippen molar-refractivity contribution in [3.8, 4) is 0 Å². The lowest BCUT2D eigenvalue weighted by Gasteiger charge is -2.36. The Morgan fingerprint density at radius 3 is 2.36 bits per heavy atom. The predicted octanol–water partition coefficient (Wildman–Crippen LogP) is 3.10. The number of nitrogens with two attached hydrogens (primary N) is 1. The number of primary amides is 1. The Balaban J connectivity index is 1.65.